The van der Waals surface area contributed by atoms with Crippen molar-refractivity contribution in [3.05, 3.63) is 28.3 Å². The average Bonchev–Trinajstić information content (AvgIpc) is 2.26. The molecule has 0 spiro atoms. The van der Waals surface area contributed by atoms with Crippen LogP contribution in [0.2, 0.25) is 5.02 Å². The Kier molecular flexibility index (Phi) is 6.35. The Labute approximate surface area is 128 Å². The molecule has 2 nitrogen and oxygen atoms in total. The van der Waals surface area contributed by atoms with Crippen molar-refractivity contribution < 1.29 is 4.74 Å². The molecule has 0 atom stereocenters. The maximum absolute atomic E-state index is 6.05. The summed E-state index contributed by atoms with van der Waals surface area (Å²) in [6.45, 7) is 15.7. The molecule has 1 aromatic carbocycles. The van der Waals surface area contributed by atoms with Crippen molar-refractivity contribution in [1.82, 2.24) is 5.32 Å². The predicted octanol–water partition coefficient (Wildman–Crippen LogP) is 4.61. The van der Waals surface area contributed by atoms with Crippen molar-refractivity contribution in [3.8, 4) is 5.75 Å². The van der Waals surface area contributed by atoms with Gasteiger partial charge in [-0.3, -0.25) is 0 Å². The van der Waals surface area contributed by atoms with Crippen LogP contribution < -0.4 is 10.1 Å². The third kappa shape index (κ3) is 5.72. The van der Waals surface area contributed by atoms with Crippen LogP contribution in [-0.4, -0.2) is 19.7 Å². The van der Waals surface area contributed by atoms with E-state index in [1.807, 2.05) is 26.0 Å². The highest BCUT2D eigenvalue weighted by Gasteiger charge is 2.19. The molecule has 0 heterocycles. The van der Waals surface area contributed by atoms with Crippen molar-refractivity contribution in [1.29, 1.82) is 0 Å². The number of hydrogen-bond donors (Lipinski definition) is 1. The van der Waals surface area contributed by atoms with Crippen LogP contribution in [0, 0.1) is 25.2 Å². The number of ether oxygens (including phenoxy) is 1. The molecule has 1 aromatic rings. The summed E-state index contributed by atoms with van der Waals surface area (Å²) in [4.78, 5) is 0. The molecule has 0 aliphatic carbocycles. The molecule has 3 heteroatoms. The van der Waals surface area contributed by atoms with Gasteiger partial charge in [0.15, 0.2) is 0 Å². The monoisotopic (exact) mass is 297 g/mol. The van der Waals surface area contributed by atoms with Gasteiger partial charge in [0.1, 0.15) is 5.75 Å². The summed E-state index contributed by atoms with van der Waals surface area (Å²) in [5, 5.41) is 4.27. The van der Waals surface area contributed by atoms with Gasteiger partial charge in [-0.2, -0.15) is 0 Å². The Hall–Kier alpha value is -0.730. The molecule has 0 unspecified atom stereocenters. The molecule has 0 saturated carbocycles. The first-order valence-corrected chi connectivity index (χ1v) is 7.69. The van der Waals surface area contributed by atoms with E-state index >= 15 is 0 Å². The van der Waals surface area contributed by atoms with Crippen LogP contribution in [-0.2, 0) is 0 Å². The van der Waals surface area contributed by atoms with Gasteiger partial charge in [0.25, 0.3) is 0 Å². The van der Waals surface area contributed by atoms with E-state index in [1.165, 1.54) is 0 Å². The second-order valence-corrected chi connectivity index (χ2v) is 7.28. The molecule has 1 rings (SSSR count). The van der Waals surface area contributed by atoms with Crippen LogP contribution in [0.5, 0.6) is 5.75 Å². The maximum Gasteiger partial charge on any atom is 0.125 e. The SMILES string of the molecule is Cc1cc(Cl)cc(C)c1OCC(C)(C)CNCC(C)C. The van der Waals surface area contributed by atoms with E-state index in [1.54, 1.807) is 0 Å². The van der Waals surface area contributed by atoms with Gasteiger partial charge in [0.2, 0.25) is 0 Å². The van der Waals surface area contributed by atoms with Crippen LogP contribution in [0.15, 0.2) is 12.1 Å². The van der Waals surface area contributed by atoms with E-state index in [0.717, 1.165) is 35.0 Å². The molecule has 0 radical (unpaired) electrons. The third-order valence-electron chi connectivity index (χ3n) is 3.19. The van der Waals surface area contributed by atoms with Crippen molar-refractivity contribution >= 4 is 11.6 Å². The van der Waals surface area contributed by atoms with Gasteiger partial charge in [-0.15, -0.1) is 0 Å². The number of rotatable bonds is 7. The van der Waals surface area contributed by atoms with Gasteiger partial charge in [0.05, 0.1) is 6.61 Å². The fourth-order valence-electron chi connectivity index (χ4n) is 2.14. The first kappa shape index (κ1) is 17.3. The summed E-state index contributed by atoms with van der Waals surface area (Å²) in [5.41, 5.74) is 2.30. The van der Waals surface area contributed by atoms with Gasteiger partial charge < -0.3 is 10.1 Å². The van der Waals surface area contributed by atoms with E-state index in [9.17, 15) is 0 Å². The molecule has 20 heavy (non-hydrogen) atoms. The fourth-order valence-corrected chi connectivity index (χ4v) is 2.47. The minimum Gasteiger partial charge on any atom is -0.492 e. The van der Waals surface area contributed by atoms with E-state index in [-0.39, 0.29) is 5.41 Å². The number of benzene rings is 1. The van der Waals surface area contributed by atoms with Gasteiger partial charge in [-0.25, -0.2) is 0 Å². The minimum absolute atomic E-state index is 0.105. The Bertz CT molecular complexity index is 418. The molecule has 0 bridgehead atoms. The highest BCUT2D eigenvalue weighted by atomic mass is 35.5. The lowest BCUT2D eigenvalue weighted by molar-refractivity contribution is 0.173. The van der Waals surface area contributed by atoms with Crippen LogP contribution in [0.1, 0.15) is 38.8 Å². The van der Waals surface area contributed by atoms with Crippen LogP contribution in [0.4, 0.5) is 0 Å². The number of nitrogens with one attached hydrogen (secondary N) is 1. The summed E-state index contributed by atoms with van der Waals surface area (Å²) in [5.74, 6) is 1.64. The average molecular weight is 298 g/mol. The summed E-state index contributed by atoms with van der Waals surface area (Å²) >= 11 is 6.04. The second kappa shape index (κ2) is 7.33. The topological polar surface area (TPSA) is 21.3 Å². The lowest BCUT2D eigenvalue weighted by atomic mass is 9.94. The molecular weight excluding hydrogens is 270 g/mol. The fraction of sp³-hybridized carbons (Fsp3) is 0.647. The van der Waals surface area contributed by atoms with Gasteiger partial charge in [-0.1, -0.05) is 39.3 Å². The molecule has 0 amide bonds. The van der Waals surface area contributed by atoms with E-state index in [2.05, 4.69) is 33.0 Å². The number of hydrogen-bond acceptors (Lipinski definition) is 2. The smallest absolute Gasteiger partial charge is 0.125 e. The van der Waals surface area contributed by atoms with Gasteiger partial charge in [0, 0.05) is 17.0 Å². The standard InChI is InChI=1S/C17H28ClNO/c1-12(2)9-19-10-17(5,6)11-20-16-13(3)7-15(18)8-14(16)4/h7-8,12,19H,9-11H2,1-6H3. The van der Waals surface area contributed by atoms with Gasteiger partial charge >= 0.3 is 0 Å². The van der Waals surface area contributed by atoms with E-state index < -0.39 is 0 Å². The molecular formula is C17H28ClNO. The Morgan fingerprint density at radius 2 is 1.75 bits per heavy atom. The van der Waals surface area contributed by atoms with Crippen molar-refractivity contribution in [2.75, 3.05) is 19.7 Å². The summed E-state index contributed by atoms with van der Waals surface area (Å²) in [7, 11) is 0. The molecule has 1 N–H and O–H groups in total. The Balaban J connectivity index is 2.57. The lowest BCUT2D eigenvalue weighted by Gasteiger charge is -2.26. The molecule has 0 saturated heterocycles. The second-order valence-electron chi connectivity index (χ2n) is 6.85. The molecule has 0 fully saturated rings. The molecule has 114 valence electrons. The van der Waals surface area contributed by atoms with E-state index in [0.29, 0.717) is 12.5 Å². The minimum atomic E-state index is 0.105. The molecule has 0 aliphatic heterocycles. The normalized spacial score (nSPS) is 12.0. The molecule has 0 aromatic heterocycles. The first-order valence-electron chi connectivity index (χ1n) is 7.31. The number of halogens is 1. The summed E-state index contributed by atoms with van der Waals surface area (Å²) in [6.07, 6.45) is 0. The summed E-state index contributed by atoms with van der Waals surface area (Å²) < 4.78 is 6.05. The van der Waals surface area contributed by atoms with Crippen LogP contribution >= 0.6 is 11.6 Å². The van der Waals surface area contributed by atoms with Crippen molar-refractivity contribution in [2.24, 2.45) is 11.3 Å². The lowest BCUT2D eigenvalue weighted by Crippen LogP contribution is -2.36. The summed E-state index contributed by atoms with van der Waals surface area (Å²) in [6, 6.07) is 3.90. The van der Waals surface area contributed by atoms with Crippen LogP contribution in [0.25, 0.3) is 0 Å². The highest BCUT2D eigenvalue weighted by molar-refractivity contribution is 6.30. The zero-order valence-corrected chi connectivity index (χ0v) is 14.4. The maximum atomic E-state index is 6.05. The Morgan fingerprint density at radius 3 is 2.25 bits per heavy atom. The quantitative estimate of drug-likeness (QED) is 0.793. The zero-order valence-electron chi connectivity index (χ0n) is 13.6. The Morgan fingerprint density at radius 1 is 1.20 bits per heavy atom. The van der Waals surface area contributed by atoms with Crippen molar-refractivity contribution in [2.45, 2.75) is 41.5 Å². The van der Waals surface area contributed by atoms with Gasteiger partial charge in [-0.05, 0) is 49.6 Å². The molecule has 0 aliphatic rings. The predicted molar refractivity (Wildman–Crippen MR) is 87.9 cm³/mol. The van der Waals surface area contributed by atoms with Crippen LogP contribution in [0.3, 0.4) is 0 Å². The highest BCUT2D eigenvalue weighted by Crippen LogP contribution is 2.28. The van der Waals surface area contributed by atoms with Crippen molar-refractivity contribution in [3.63, 3.8) is 0 Å². The first-order chi connectivity index (χ1) is 9.21. The zero-order chi connectivity index (χ0) is 15.3. The third-order valence-corrected chi connectivity index (χ3v) is 3.41. The largest absolute Gasteiger partial charge is 0.492 e. The van der Waals surface area contributed by atoms with E-state index in [4.69, 9.17) is 16.3 Å². The number of aryl methyl sites for hydroxylation is 2.